The third-order valence-corrected chi connectivity index (χ3v) is 3.05. The normalized spacial score (nSPS) is 15.2. The minimum absolute atomic E-state index is 0.0247. The summed E-state index contributed by atoms with van der Waals surface area (Å²) in [4.78, 5) is 13.7. The van der Waals surface area contributed by atoms with Crippen molar-refractivity contribution in [2.45, 2.75) is 33.0 Å². The van der Waals surface area contributed by atoms with Crippen molar-refractivity contribution in [3.8, 4) is 0 Å². The molecule has 1 aromatic carbocycles. The first kappa shape index (κ1) is 14.6. The Bertz CT molecular complexity index is 529. The first-order valence-electron chi connectivity index (χ1n) is 6.76. The number of carbonyl (C=O) groups excluding carboxylic acids is 1. The molecular formula is C16H21NO3. The van der Waals surface area contributed by atoms with E-state index in [2.05, 4.69) is 0 Å². The summed E-state index contributed by atoms with van der Waals surface area (Å²) in [6.07, 6.45) is 1.74. The van der Waals surface area contributed by atoms with Gasteiger partial charge < -0.3 is 14.7 Å². The summed E-state index contributed by atoms with van der Waals surface area (Å²) >= 11 is 0. The Kier molecular flexibility index (Phi) is 4.14. The van der Waals surface area contributed by atoms with Crippen LogP contribution in [0.1, 0.15) is 31.9 Å². The lowest BCUT2D eigenvalue weighted by Crippen LogP contribution is -2.35. The molecule has 1 amide bonds. The van der Waals surface area contributed by atoms with Crippen LogP contribution in [0.5, 0.6) is 0 Å². The summed E-state index contributed by atoms with van der Waals surface area (Å²) in [5.74, 6) is 0. The summed E-state index contributed by atoms with van der Waals surface area (Å²) in [6, 6.07) is 7.73. The molecule has 0 bridgehead atoms. The molecular weight excluding hydrogens is 254 g/mol. The number of aliphatic hydroxyl groups is 1. The van der Waals surface area contributed by atoms with E-state index in [1.165, 1.54) is 0 Å². The van der Waals surface area contributed by atoms with Crippen molar-refractivity contribution in [3.05, 3.63) is 41.5 Å². The number of hydrogen-bond donors (Lipinski definition) is 1. The Labute approximate surface area is 119 Å². The van der Waals surface area contributed by atoms with Gasteiger partial charge in [-0.3, -0.25) is 0 Å². The molecule has 108 valence electrons. The summed E-state index contributed by atoms with van der Waals surface area (Å²) in [6.45, 7) is 6.72. The van der Waals surface area contributed by atoms with E-state index in [0.717, 1.165) is 16.7 Å². The van der Waals surface area contributed by atoms with Crippen LogP contribution >= 0.6 is 0 Å². The maximum absolute atomic E-state index is 12.0. The number of carbonyl (C=O) groups is 1. The molecule has 0 aromatic heterocycles. The number of aliphatic hydroxyl groups excluding tert-OH is 1. The molecule has 0 saturated carbocycles. The summed E-state index contributed by atoms with van der Waals surface area (Å²) in [5.41, 5.74) is 2.53. The Morgan fingerprint density at radius 1 is 1.40 bits per heavy atom. The highest BCUT2D eigenvalue weighted by molar-refractivity contribution is 5.77. The van der Waals surface area contributed by atoms with E-state index < -0.39 is 5.60 Å². The predicted molar refractivity (Wildman–Crippen MR) is 78.1 cm³/mol. The molecule has 0 unspecified atom stereocenters. The van der Waals surface area contributed by atoms with Crippen LogP contribution in [0, 0.1) is 0 Å². The van der Waals surface area contributed by atoms with Gasteiger partial charge in [0.1, 0.15) is 5.60 Å². The van der Waals surface area contributed by atoms with E-state index in [-0.39, 0.29) is 12.7 Å². The van der Waals surface area contributed by atoms with Crippen LogP contribution in [0.15, 0.2) is 30.3 Å². The van der Waals surface area contributed by atoms with Crippen molar-refractivity contribution in [3.63, 3.8) is 0 Å². The molecule has 0 atom stereocenters. The minimum Gasteiger partial charge on any atom is -0.444 e. The molecule has 20 heavy (non-hydrogen) atoms. The van der Waals surface area contributed by atoms with E-state index in [9.17, 15) is 4.79 Å². The lowest BCUT2D eigenvalue weighted by atomic mass is 10.0. The van der Waals surface area contributed by atoms with Crippen LogP contribution in [-0.2, 0) is 11.3 Å². The van der Waals surface area contributed by atoms with Gasteiger partial charge in [0.25, 0.3) is 0 Å². The third kappa shape index (κ3) is 3.61. The van der Waals surface area contributed by atoms with Gasteiger partial charge in [0.2, 0.25) is 0 Å². The Balaban J connectivity index is 2.02. The summed E-state index contributed by atoms with van der Waals surface area (Å²) < 4.78 is 5.36. The largest absolute Gasteiger partial charge is 0.444 e. The molecule has 1 aliphatic heterocycles. The van der Waals surface area contributed by atoms with Crippen molar-refractivity contribution in [1.82, 2.24) is 4.90 Å². The fourth-order valence-corrected chi connectivity index (χ4v) is 2.10. The van der Waals surface area contributed by atoms with Crippen molar-refractivity contribution in [2.75, 3.05) is 13.1 Å². The SMILES string of the molecule is CC(C)(C)OC(=O)N1CC=C(c2cccc(CO)c2)C1. The van der Waals surface area contributed by atoms with E-state index in [0.29, 0.717) is 13.1 Å². The minimum atomic E-state index is -0.476. The molecule has 0 spiro atoms. The first-order chi connectivity index (χ1) is 9.39. The zero-order chi connectivity index (χ0) is 14.8. The highest BCUT2D eigenvalue weighted by Gasteiger charge is 2.25. The molecule has 0 radical (unpaired) electrons. The van der Waals surface area contributed by atoms with E-state index in [1.807, 2.05) is 51.1 Å². The molecule has 2 rings (SSSR count). The van der Waals surface area contributed by atoms with Crippen LogP contribution in [0.2, 0.25) is 0 Å². The lowest BCUT2D eigenvalue weighted by molar-refractivity contribution is 0.0306. The number of rotatable bonds is 2. The van der Waals surface area contributed by atoms with Gasteiger partial charge in [-0.05, 0) is 43.5 Å². The zero-order valence-corrected chi connectivity index (χ0v) is 12.2. The fraction of sp³-hybridized carbons (Fsp3) is 0.438. The van der Waals surface area contributed by atoms with Gasteiger partial charge in [-0.25, -0.2) is 4.79 Å². The smallest absolute Gasteiger partial charge is 0.410 e. The molecule has 0 fully saturated rings. The molecule has 1 N–H and O–H groups in total. The van der Waals surface area contributed by atoms with Gasteiger partial charge in [0, 0.05) is 13.1 Å². The summed E-state index contributed by atoms with van der Waals surface area (Å²) in [7, 11) is 0. The molecule has 1 heterocycles. The standard InChI is InChI=1S/C16H21NO3/c1-16(2,3)20-15(19)17-8-7-14(10-17)13-6-4-5-12(9-13)11-18/h4-7,9,18H,8,10-11H2,1-3H3. The van der Waals surface area contributed by atoms with Crippen molar-refractivity contribution in [1.29, 1.82) is 0 Å². The predicted octanol–water partition coefficient (Wildman–Crippen LogP) is 2.81. The number of nitrogens with zero attached hydrogens (tertiary/aromatic N) is 1. The van der Waals surface area contributed by atoms with Gasteiger partial charge in [0.15, 0.2) is 0 Å². The van der Waals surface area contributed by atoms with Crippen molar-refractivity contribution in [2.24, 2.45) is 0 Å². The topological polar surface area (TPSA) is 49.8 Å². The van der Waals surface area contributed by atoms with Gasteiger partial charge in [-0.2, -0.15) is 0 Å². The zero-order valence-electron chi connectivity index (χ0n) is 12.2. The number of amides is 1. The maximum Gasteiger partial charge on any atom is 0.410 e. The molecule has 4 heteroatoms. The van der Waals surface area contributed by atoms with E-state index in [1.54, 1.807) is 4.90 Å². The third-order valence-electron chi connectivity index (χ3n) is 3.05. The van der Waals surface area contributed by atoms with Crippen LogP contribution in [0.4, 0.5) is 4.79 Å². The first-order valence-corrected chi connectivity index (χ1v) is 6.76. The van der Waals surface area contributed by atoms with Gasteiger partial charge >= 0.3 is 6.09 Å². The lowest BCUT2D eigenvalue weighted by Gasteiger charge is -2.24. The molecule has 1 aliphatic rings. The fourth-order valence-electron chi connectivity index (χ4n) is 2.10. The van der Waals surface area contributed by atoms with Gasteiger partial charge in [-0.15, -0.1) is 0 Å². The number of benzene rings is 1. The second-order valence-electron chi connectivity index (χ2n) is 5.95. The number of ether oxygens (including phenoxy) is 1. The van der Waals surface area contributed by atoms with Crippen LogP contribution < -0.4 is 0 Å². The van der Waals surface area contributed by atoms with Gasteiger partial charge in [-0.1, -0.05) is 24.3 Å². The maximum atomic E-state index is 12.0. The Hall–Kier alpha value is -1.81. The van der Waals surface area contributed by atoms with Crippen LogP contribution in [0.25, 0.3) is 5.57 Å². The molecule has 0 saturated heterocycles. The van der Waals surface area contributed by atoms with Gasteiger partial charge in [0.05, 0.1) is 6.61 Å². The van der Waals surface area contributed by atoms with Crippen LogP contribution in [-0.4, -0.2) is 34.8 Å². The quantitative estimate of drug-likeness (QED) is 0.903. The second kappa shape index (κ2) is 5.67. The Morgan fingerprint density at radius 2 is 2.15 bits per heavy atom. The van der Waals surface area contributed by atoms with Crippen molar-refractivity contribution < 1.29 is 14.6 Å². The second-order valence-corrected chi connectivity index (χ2v) is 5.95. The molecule has 0 aliphatic carbocycles. The molecule has 1 aromatic rings. The highest BCUT2D eigenvalue weighted by atomic mass is 16.6. The average Bonchev–Trinajstić information content (AvgIpc) is 2.86. The summed E-state index contributed by atoms with van der Waals surface area (Å²) in [5, 5.41) is 9.17. The Morgan fingerprint density at radius 3 is 2.80 bits per heavy atom. The highest BCUT2D eigenvalue weighted by Crippen LogP contribution is 2.23. The molecule has 4 nitrogen and oxygen atoms in total. The number of hydrogen-bond acceptors (Lipinski definition) is 3. The van der Waals surface area contributed by atoms with Crippen molar-refractivity contribution >= 4 is 11.7 Å². The van der Waals surface area contributed by atoms with Crippen LogP contribution in [0.3, 0.4) is 0 Å². The monoisotopic (exact) mass is 275 g/mol. The van der Waals surface area contributed by atoms with E-state index >= 15 is 0 Å². The van der Waals surface area contributed by atoms with E-state index in [4.69, 9.17) is 9.84 Å². The average molecular weight is 275 g/mol.